The largest absolute Gasteiger partial charge is 0.386 e. The smallest absolute Gasteiger partial charge is 0.347 e. The molecule has 2 rings (SSSR count). The van der Waals surface area contributed by atoms with E-state index in [0.29, 0.717) is 5.56 Å². The van der Waals surface area contributed by atoms with E-state index < -0.39 is 11.9 Å². The molecule has 0 saturated carbocycles. The van der Waals surface area contributed by atoms with Gasteiger partial charge in [0.1, 0.15) is 0 Å². The molecule has 16 heavy (non-hydrogen) atoms. The van der Waals surface area contributed by atoms with E-state index in [4.69, 9.17) is 0 Å². The van der Waals surface area contributed by atoms with Gasteiger partial charge in [-0.1, -0.05) is 0 Å². The normalized spacial score (nSPS) is 9.75. The van der Waals surface area contributed by atoms with E-state index in [1.54, 1.807) is 22.9 Å². The molecule has 0 aromatic carbocycles. The number of carbonyl (C=O) groups is 2. The molecule has 0 atom stereocenters. The van der Waals surface area contributed by atoms with Gasteiger partial charge in [-0.3, -0.25) is 4.98 Å². The van der Waals surface area contributed by atoms with Gasteiger partial charge in [0, 0.05) is 17.8 Å². The predicted octanol–water partition coefficient (Wildman–Crippen LogP) is 2.14. The summed E-state index contributed by atoms with van der Waals surface area (Å²) in [6.45, 7) is 0. The zero-order valence-electron chi connectivity index (χ0n) is 8.12. The van der Waals surface area contributed by atoms with Crippen LogP contribution >= 0.6 is 11.3 Å². The number of esters is 2. The second kappa shape index (κ2) is 4.67. The molecule has 0 amide bonds. The molecule has 0 fully saturated rings. The standard InChI is InChI=1S/C11H7NO3S/c13-10(8-2-1-4-12-6-8)15-11(14)9-3-5-16-7-9/h1-7H. The van der Waals surface area contributed by atoms with Crippen LogP contribution in [0.2, 0.25) is 0 Å². The number of nitrogens with zero attached hydrogens (tertiary/aromatic N) is 1. The summed E-state index contributed by atoms with van der Waals surface area (Å²) >= 11 is 1.37. The Bertz CT molecular complexity index is 493. The van der Waals surface area contributed by atoms with E-state index in [1.807, 2.05) is 0 Å². The summed E-state index contributed by atoms with van der Waals surface area (Å²) in [4.78, 5) is 26.7. The van der Waals surface area contributed by atoms with Gasteiger partial charge in [-0.05, 0) is 23.6 Å². The van der Waals surface area contributed by atoms with Crippen molar-refractivity contribution in [3.05, 3.63) is 52.5 Å². The Morgan fingerprint density at radius 1 is 1.19 bits per heavy atom. The van der Waals surface area contributed by atoms with Gasteiger partial charge >= 0.3 is 11.9 Å². The lowest BCUT2D eigenvalue weighted by molar-refractivity contribution is 0.0398. The van der Waals surface area contributed by atoms with Gasteiger partial charge in [0.05, 0.1) is 11.1 Å². The second-order valence-corrected chi connectivity index (χ2v) is 3.71. The Morgan fingerprint density at radius 2 is 2.00 bits per heavy atom. The van der Waals surface area contributed by atoms with Gasteiger partial charge in [-0.25, -0.2) is 9.59 Å². The number of aromatic nitrogens is 1. The maximum Gasteiger partial charge on any atom is 0.347 e. The summed E-state index contributed by atoms with van der Waals surface area (Å²) in [5, 5.41) is 3.37. The summed E-state index contributed by atoms with van der Waals surface area (Å²) in [5.41, 5.74) is 0.633. The van der Waals surface area contributed by atoms with Crippen molar-refractivity contribution in [1.29, 1.82) is 0 Å². The molecular weight excluding hydrogens is 226 g/mol. The van der Waals surface area contributed by atoms with Gasteiger partial charge < -0.3 is 4.74 Å². The highest BCUT2D eigenvalue weighted by Gasteiger charge is 2.14. The van der Waals surface area contributed by atoms with Crippen molar-refractivity contribution < 1.29 is 14.3 Å². The van der Waals surface area contributed by atoms with Gasteiger partial charge in [0.2, 0.25) is 0 Å². The summed E-state index contributed by atoms with van der Waals surface area (Å²) in [6.07, 6.45) is 2.89. The van der Waals surface area contributed by atoms with Gasteiger partial charge in [-0.2, -0.15) is 11.3 Å². The fraction of sp³-hybridized carbons (Fsp3) is 0. The number of thiophene rings is 1. The lowest BCUT2D eigenvalue weighted by Gasteiger charge is -2.00. The van der Waals surface area contributed by atoms with E-state index in [-0.39, 0.29) is 5.56 Å². The fourth-order valence-electron chi connectivity index (χ4n) is 1.07. The van der Waals surface area contributed by atoms with Crippen molar-refractivity contribution in [3.8, 4) is 0 Å². The third-order valence-electron chi connectivity index (χ3n) is 1.84. The van der Waals surface area contributed by atoms with Crippen LogP contribution in [-0.2, 0) is 4.74 Å². The number of carbonyl (C=O) groups excluding carboxylic acids is 2. The average Bonchev–Trinajstić information content (AvgIpc) is 2.83. The molecule has 80 valence electrons. The van der Waals surface area contributed by atoms with E-state index in [0.717, 1.165) is 0 Å². The molecule has 0 N–H and O–H groups in total. The molecule has 4 nitrogen and oxygen atoms in total. The van der Waals surface area contributed by atoms with Crippen molar-refractivity contribution in [1.82, 2.24) is 4.98 Å². The van der Waals surface area contributed by atoms with Crippen LogP contribution in [0.1, 0.15) is 20.7 Å². The first kappa shape index (κ1) is 10.5. The van der Waals surface area contributed by atoms with Crippen LogP contribution in [0.3, 0.4) is 0 Å². The highest BCUT2D eigenvalue weighted by Crippen LogP contribution is 2.09. The first-order valence-electron chi connectivity index (χ1n) is 4.46. The Labute approximate surface area is 95.5 Å². The van der Waals surface area contributed by atoms with Crippen LogP contribution in [0, 0.1) is 0 Å². The van der Waals surface area contributed by atoms with Crippen LogP contribution in [0.5, 0.6) is 0 Å². The molecule has 0 saturated heterocycles. The quantitative estimate of drug-likeness (QED) is 0.589. The first-order valence-corrected chi connectivity index (χ1v) is 5.40. The van der Waals surface area contributed by atoms with E-state index in [2.05, 4.69) is 9.72 Å². The molecule has 2 heterocycles. The SMILES string of the molecule is O=C(OC(=O)c1ccsc1)c1cccnc1. The van der Waals surface area contributed by atoms with Crippen molar-refractivity contribution in [2.45, 2.75) is 0 Å². The molecule has 0 aliphatic carbocycles. The highest BCUT2D eigenvalue weighted by molar-refractivity contribution is 7.08. The van der Waals surface area contributed by atoms with Crippen molar-refractivity contribution in [2.24, 2.45) is 0 Å². The van der Waals surface area contributed by atoms with Gasteiger partial charge in [-0.15, -0.1) is 0 Å². The number of pyridine rings is 1. The lowest BCUT2D eigenvalue weighted by atomic mass is 10.3. The Hall–Kier alpha value is -2.01. The molecule has 2 aromatic heterocycles. The molecule has 5 heteroatoms. The predicted molar refractivity (Wildman–Crippen MR) is 58.3 cm³/mol. The lowest BCUT2D eigenvalue weighted by Crippen LogP contribution is -2.12. The fourth-order valence-corrected chi connectivity index (χ4v) is 1.69. The molecule has 0 aliphatic rings. The molecular formula is C11H7NO3S. The number of hydrogen-bond donors (Lipinski definition) is 0. The number of hydrogen-bond acceptors (Lipinski definition) is 5. The molecule has 0 bridgehead atoms. The minimum absolute atomic E-state index is 0.256. The van der Waals surface area contributed by atoms with Crippen molar-refractivity contribution in [3.63, 3.8) is 0 Å². The van der Waals surface area contributed by atoms with Gasteiger partial charge in [0.15, 0.2) is 0 Å². The second-order valence-electron chi connectivity index (χ2n) is 2.93. The monoisotopic (exact) mass is 233 g/mol. The van der Waals surface area contributed by atoms with Crippen LogP contribution in [0.25, 0.3) is 0 Å². The summed E-state index contributed by atoms with van der Waals surface area (Å²) in [7, 11) is 0. The topological polar surface area (TPSA) is 56.3 Å². The summed E-state index contributed by atoms with van der Waals surface area (Å²) in [6, 6.07) is 4.74. The Balaban J connectivity index is 2.06. The van der Waals surface area contributed by atoms with Crippen LogP contribution in [-0.4, -0.2) is 16.9 Å². The van der Waals surface area contributed by atoms with Crippen molar-refractivity contribution in [2.75, 3.05) is 0 Å². The van der Waals surface area contributed by atoms with E-state index >= 15 is 0 Å². The maximum absolute atomic E-state index is 11.5. The zero-order chi connectivity index (χ0) is 11.4. The van der Waals surface area contributed by atoms with E-state index in [1.165, 1.54) is 29.8 Å². The number of ether oxygens (including phenoxy) is 1. The molecule has 0 aliphatic heterocycles. The number of rotatable bonds is 2. The third kappa shape index (κ3) is 2.32. The molecule has 0 spiro atoms. The minimum atomic E-state index is -0.690. The highest BCUT2D eigenvalue weighted by atomic mass is 32.1. The average molecular weight is 233 g/mol. The zero-order valence-corrected chi connectivity index (χ0v) is 8.94. The molecule has 0 radical (unpaired) electrons. The van der Waals surface area contributed by atoms with Crippen LogP contribution < -0.4 is 0 Å². The molecule has 2 aromatic rings. The summed E-state index contributed by atoms with van der Waals surface area (Å²) < 4.78 is 4.67. The minimum Gasteiger partial charge on any atom is -0.386 e. The maximum atomic E-state index is 11.5. The van der Waals surface area contributed by atoms with Crippen LogP contribution in [0.15, 0.2) is 41.4 Å². The Kier molecular flexibility index (Phi) is 3.07. The van der Waals surface area contributed by atoms with Gasteiger partial charge in [0.25, 0.3) is 0 Å². The van der Waals surface area contributed by atoms with E-state index in [9.17, 15) is 9.59 Å². The summed E-state index contributed by atoms with van der Waals surface area (Å²) in [5.74, 6) is -1.33. The van der Waals surface area contributed by atoms with Crippen molar-refractivity contribution >= 4 is 23.3 Å². The Morgan fingerprint density at radius 3 is 2.62 bits per heavy atom. The first-order chi connectivity index (χ1) is 7.77. The van der Waals surface area contributed by atoms with Crippen LogP contribution in [0.4, 0.5) is 0 Å². The molecule has 0 unspecified atom stereocenters. The third-order valence-corrected chi connectivity index (χ3v) is 2.52.